The second-order valence-electron chi connectivity index (χ2n) is 6.99. The Hall–Kier alpha value is -2.51. The molecule has 0 aromatic carbocycles. The molecular formula is C19H27N3O5. The Bertz CT molecular complexity index is 693. The van der Waals surface area contributed by atoms with Crippen LogP contribution in [-0.4, -0.2) is 78.5 Å². The second kappa shape index (κ2) is 8.45. The molecule has 0 N–H and O–H groups in total. The molecule has 0 spiro atoms. The number of rotatable bonds is 3. The molecule has 1 atom stereocenters. The maximum absolute atomic E-state index is 12.9. The molecule has 1 aromatic rings. The molecule has 148 valence electrons. The van der Waals surface area contributed by atoms with Crippen molar-refractivity contribution in [3.05, 3.63) is 23.7 Å². The fourth-order valence-electron chi connectivity index (χ4n) is 3.72. The number of furan rings is 1. The van der Waals surface area contributed by atoms with Crippen LogP contribution in [0.3, 0.4) is 0 Å². The molecule has 0 unspecified atom stereocenters. The van der Waals surface area contributed by atoms with E-state index in [4.69, 9.17) is 9.15 Å². The van der Waals surface area contributed by atoms with Gasteiger partial charge in [-0.2, -0.15) is 0 Å². The highest BCUT2D eigenvalue weighted by atomic mass is 16.6. The van der Waals surface area contributed by atoms with Crippen LogP contribution >= 0.6 is 0 Å². The monoisotopic (exact) mass is 377 g/mol. The minimum Gasteiger partial charge on any atom is -0.469 e. The maximum Gasteiger partial charge on any atom is 0.409 e. The average molecular weight is 377 g/mol. The molecule has 3 rings (SSSR count). The van der Waals surface area contributed by atoms with Crippen LogP contribution in [0.4, 0.5) is 4.79 Å². The van der Waals surface area contributed by atoms with Gasteiger partial charge in [-0.15, -0.1) is 0 Å². The van der Waals surface area contributed by atoms with Crippen molar-refractivity contribution in [3.63, 3.8) is 0 Å². The molecule has 0 aliphatic carbocycles. The van der Waals surface area contributed by atoms with E-state index in [1.165, 1.54) is 6.26 Å². The first kappa shape index (κ1) is 19.3. The quantitative estimate of drug-likeness (QED) is 0.801. The Morgan fingerprint density at radius 3 is 2.44 bits per heavy atom. The minimum atomic E-state index is -0.325. The zero-order valence-corrected chi connectivity index (χ0v) is 16.0. The van der Waals surface area contributed by atoms with Gasteiger partial charge in [0.2, 0.25) is 5.91 Å². The van der Waals surface area contributed by atoms with Crippen molar-refractivity contribution in [3.8, 4) is 0 Å². The van der Waals surface area contributed by atoms with Crippen LogP contribution in [0.1, 0.15) is 35.9 Å². The van der Waals surface area contributed by atoms with E-state index in [-0.39, 0.29) is 23.8 Å². The summed E-state index contributed by atoms with van der Waals surface area (Å²) in [5.41, 5.74) is 0.561. The summed E-state index contributed by atoms with van der Waals surface area (Å²) in [6, 6.07) is 1.68. The van der Waals surface area contributed by atoms with Crippen molar-refractivity contribution in [2.75, 3.05) is 45.9 Å². The molecule has 2 aliphatic rings. The number of amides is 3. The third-order valence-corrected chi connectivity index (χ3v) is 5.26. The number of hydrogen-bond donors (Lipinski definition) is 0. The first-order chi connectivity index (χ1) is 13.0. The van der Waals surface area contributed by atoms with Crippen molar-refractivity contribution in [2.45, 2.75) is 26.7 Å². The van der Waals surface area contributed by atoms with Gasteiger partial charge in [-0.3, -0.25) is 9.59 Å². The summed E-state index contributed by atoms with van der Waals surface area (Å²) in [5.74, 6) is 0.401. The Kier molecular flexibility index (Phi) is 6.03. The first-order valence-electron chi connectivity index (χ1n) is 9.55. The van der Waals surface area contributed by atoms with Gasteiger partial charge in [0.25, 0.3) is 5.91 Å². The van der Waals surface area contributed by atoms with Crippen LogP contribution in [0.5, 0.6) is 0 Å². The van der Waals surface area contributed by atoms with Gasteiger partial charge in [-0.05, 0) is 32.8 Å². The fourth-order valence-corrected chi connectivity index (χ4v) is 3.72. The Morgan fingerprint density at radius 1 is 1.11 bits per heavy atom. The van der Waals surface area contributed by atoms with Gasteiger partial charge in [0.15, 0.2) is 0 Å². The molecule has 2 fully saturated rings. The largest absolute Gasteiger partial charge is 0.469 e. The zero-order valence-electron chi connectivity index (χ0n) is 16.0. The molecule has 8 nitrogen and oxygen atoms in total. The first-order valence-corrected chi connectivity index (χ1v) is 9.55. The van der Waals surface area contributed by atoms with Crippen molar-refractivity contribution >= 4 is 17.9 Å². The molecule has 3 amide bonds. The summed E-state index contributed by atoms with van der Waals surface area (Å²) in [4.78, 5) is 42.6. The third-order valence-electron chi connectivity index (χ3n) is 5.26. The van der Waals surface area contributed by atoms with E-state index in [0.717, 1.165) is 12.8 Å². The lowest BCUT2D eigenvalue weighted by atomic mass is 9.95. The fraction of sp³-hybridized carbons (Fsp3) is 0.632. The summed E-state index contributed by atoms with van der Waals surface area (Å²) < 4.78 is 10.2. The Balaban J connectivity index is 1.55. The van der Waals surface area contributed by atoms with E-state index in [2.05, 4.69) is 0 Å². The van der Waals surface area contributed by atoms with Crippen molar-refractivity contribution < 1.29 is 23.5 Å². The van der Waals surface area contributed by atoms with E-state index in [0.29, 0.717) is 57.2 Å². The van der Waals surface area contributed by atoms with Gasteiger partial charge in [-0.1, -0.05) is 0 Å². The highest BCUT2D eigenvalue weighted by Gasteiger charge is 2.34. The molecular weight excluding hydrogens is 350 g/mol. The van der Waals surface area contributed by atoms with E-state index in [1.807, 2.05) is 0 Å². The van der Waals surface area contributed by atoms with Gasteiger partial charge >= 0.3 is 6.09 Å². The average Bonchev–Trinajstić information content (AvgIpc) is 3.13. The number of carbonyl (C=O) groups is 3. The van der Waals surface area contributed by atoms with Crippen LogP contribution in [0.15, 0.2) is 16.7 Å². The van der Waals surface area contributed by atoms with Crippen molar-refractivity contribution in [1.82, 2.24) is 14.7 Å². The summed E-state index contributed by atoms with van der Waals surface area (Å²) in [7, 11) is 0. The van der Waals surface area contributed by atoms with E-state index < -0.39 is 0 Å². The smallest absolute Gasteiger partial charge is 0.409 e. The zero-order chi connectivity index (χ0) is 19.4. The topological polar surface area (TPSA) is 83.3 Å². The number of hydrogen-bond acceptors (Lipinski definition) is 5. The molecule has 3 heterocycles. The Labute approximate surface area is 159 Å². The number of piperidine rings is 1. The second-order valence-corrected chi connectivity index (χ2v) is 6.99. The normalized spacial score (nSPS) is 20.5. The molecule has 0 saturated carbocycles. The maximum atomic E-state index is 12.9. The molecule has 2 saturated heterocycles. The summed E-state index contributed by atoms with van der Waals surface area (Å²) in [5, 5.41) is 0. The molecule has 0 bridgehead atoms. The number of ether oxygens (including phenoxy) is 1. The lowest BCUT2D eigenvalue weighted by Gasteiger charge is -2.38. The van der Waals surface area contributed by atoms with Crippen molar-refractivity contribution in [2.24, 2.45) is 5.92 Å². The molecule has 8 heteroatoms. The summed E-state index contributed by atoms with van der Waals surface area (Å²) in [6.07, 6.45) is 2.78. The SMILES string of the molecule is CCOC(=O)N1CCN(C(=O)[C@@H]2CCCN(C(=O)c3ccoc3C)C2)CC1. The van der Waals surface area contributed by atoms with Gasteiger partial charge in [-0.25, -0.2) is 4.79 Å². The van der Waals surface area contributed by atoms with Crippen LogP contribution in [0.2, 0.25) is 0 Å². The number of carbonyl (C=O) groups excluding carboxylic acids is 3. The van der Waals surface area contributed by atoms with Crippen LogP contribution in [0, 0.1) is 12.8 Å². The van der Waals surface area contributed by atoms with Gasteiger partial charge < -0.3 is 23.9 Å². The minimum absolute atomic E-state index is 0.0694. The third kappa shape index (κ3) is 4.26. The highest BCUT2D eigenvalue weighted by molar-refractivity contribution is 5.95. The molecule has 1 aromatic heterocycles. The van der Waals surface area contributed by atoms with E-state index >= 15 is 0 Å². The molecule has 27 heavy (non-hydrogen) atoms. The number of nitrogens with zero attached hydrogens (tertiary/aromatic N) is 3. The molecule has 0 radical (unpaired) electrons. The van der Waals surface area contributed by atoms with Gasteiger partial charge in [0.1, 0.15) is 5.76 Å². The predicted octanol–water partition coefficient (Wildman–Crippen LogP) is 1.74. The van der Waals surface area contributed by atoms with E-state index in [9.17, 15) is 14.4 Å². The summed E-state index contributed by atoms with van der Waals surface area (Å²) >= 11 is 0. The van der Waals surface area contributed by atoms with Crippen LogP contribution in [-0.2, 0) is 9.53 Å². The number of aryl methyl sites for hydroxylation is 1. The van der Waals surface area contributed by atoms with Crippen LogP contribution < -0.4 is 0 Å². The molecule has 2 aliphatic heterocycles. The van der Waals surface area contributed by atoms with Crippen molar-refractivity contribution in [1.29, 1.82) is 0 Å². The van der Waals surface area contributed by atoms with Crippen LogP contribution in [0.25, 0.3) is 0 Å². The van der Waals surface area contributed by atoms with Gasteiger partial charge in [0, 0.05) is 39.3 Å². The highest BCUT2D eigenvalue weighted by Crippen LogP contribution is 2.22. The standard InChI is InChI=1S/C19H27N3O5/c1-3-26-19(25)21-10-8-20(9-11-21)17(23)15-5-4-7-22(13-15)18(24)16-6-12-27-14(16)2/h6,12,15H,3-5,7-11,13H2,1-2H3/t15-/m1/s1. The predicted molar refractivity (Wildman–Crippen MR) is 97.2 cm³/mol. The van der Waals surface area contributed by atoms with E-state index in [1.54, 1.807) is 34.6 Å². The number of piperazine rings is 1. The number of likely N-dealkylation sites (tertiary alicyclic amines) is 1. The Morgan fingerprint density at radius 2 is 1.81 bits per heavy atom. The van der Waals surface area contributed by atoms with Gasteiger partial charge in [0.05, 0.1) is 24.4 Å². The lowest BCUT2D eigenvalue weighted by molar-refractivity contribution is -0.138. The summed E-state index contributed by atoms with van der Waals surface area (Å²) in [6.45, 7) is 6.94. The lowest BCUT2D eigenvalue weighted by Crippen LogP contribution is -2.54.